The zero-order valence-corrected chi connectivity index (χ0v) is 11.2. The van der Waals surface area contributed by atoms with Crippen LogP contribution in [0.15, 0.2) is 0 Å². The monoisotopic (exact) mass is 228 g/mol. The minimum atomic E-state index is -0.315. The van der Waals surface area contributed by atoms with Crippen molar-refractivity contribution in [2.75, 3.05) is 0 Å². The molecule has 96 valence electrons. The Hall–Kier alpha value is -0.0800. The molecule has 16 heavy (non-hydrogen) atoms. The quantitative estimate of drug-likeness (QED) is 0.779. The van der Waals surface area contributed by atoms with Crippen molar-refractivity contribution in [2.24, 2.45) is 17.3 Å². The molecular formula is C14H28O2. The lowest BCUT2D eigenvalue weighted by molar-refractivity contribution is -0.0457. The molecule has 1 saturated carbocycles. The van der Waals surface area contributed by atoms with Gasteiger partial charge in [0.1, 0.15) is 0 Å². The van der Waals surface area contributed by atoms with Crippen molar-refractivity contribution >= 4 is 0 Å². The molecule has 2 nitrogen and oxygen atoms in total. The van der Waals surface area contributed by atoms with Gasteiger partial charge in [0.25, 0.3) is 0 Å². The standard InChI is InChI=1S/C14H28O2/c1-5-6-12(15)11-9-10(14(2,3)4)7-8-13(11)16/h10-13,15-16H,5-9H2,1-4H3. The van der Waals surface area contributed by atoms with E-state index in [9.17, 15) is 10.2 Å². The maximum atomic E-state index is 10.1. The first-order chi connectivity index (χ1) is 7.36. The Bertz CT molecular complexity index is 207. The summed E-state index contributed by atoms with van der Waals surface area (Å²) in [4.78, 5) is 0. The van der Waals surface area contributed by atoms with E-state index >= 15 is 0 Å². The van der Waals surface area contributed by atoms with Crippen molar-refractivity contribution in [2.45, 2.75) is 72.0 Å². The molecular weight excluding hydrogens is 200 g/mol. The lowest BCUT2D eigenvalue weighted by Crippen LogP contribution is -2.40. The van der Waals surface area contributed by atoms with Crippen LogP contribution >= 0.6 is 0 Å². The van der Waals surface area contributed by atoms with Gasteiger partial charge < -0.3 is 10.2 Å². The highest BCUT2D eigenvalue weighted by Gasteiger charge is 2.37. The third-order valence-electron chi connectivity index (χ3n) is 4.17. The van der Waals surface area contributed by atoms with Gasteiger partial charge in [0.2, 0.25) is 0 Å². The molecule has 0 aromatic heterocycles. The molecule has 0 saturated heterocycles. The second kappa shape index (κ2) is 5.50. The van der Waals surface area contributed by atoms with Crippen LogP contribution in [-0.2, 0) is 0 Å². The maximum Gasteiger partial charge on any atom is 0.0593 e. The summed E-state index contributed by atoms with van der Waals surface area (Å²) in [7, 11) is 0. The van der Waals surface area contributed by atoms with Crippen molar-refractivity contribution in [1.29, 1.82) is 0 Å². The molecule has 4 unspecified atom stereocenters. The van der Waals surface area contributed by atoms with E-state index in [2.05, 4.69) is 27.7 Å². The largest absolute Gasteiger partial charge is 0.393 e. The van der Waals surface area contributed by atoms with Gasteiger partial charge in [-0.15, -0.1) is 0 Å². The first-order valence-electron chi connectivity index (χ1n) is 6.72. The Morgan fingerprint density at radius 1 is 1.25 bits per heavy atom. The molecule has 2 heteroatoms. The fourth-order valence-electron chi connectivity index (χ4n) is 2.90. The molecule has 1 rings (SSSR count). The Morgan fingerprint density at radius 3 is 2.38 bits per heavy atom. The van der Waals surface area contributed by atoms with Crippen LogP contribution in [0.25, 0.3) is 0 Å². The summed E-state index contributed by atoms with van der Waals surface area (Å²) in [6.45, 7) is 8.87. The summed E-state index contributed by atoms with van der Waals surface area (Å²) in [5.74, 6) is 0.727. The van der Waals surface area contributed by atoms with Gasteiger partial charge in [0.05, 0.1) is 12.2 Å². The van der Waals surface area contributed by atoms with Gasteiger partial charge in [-0.25, -0.2) is 0 Å². The van der Waals surface area contributed by atoms with Crippen molar-refractivity contribution < 1.29 is 10.2 Å². The van der Waals surface area contributed by atoms with E-state index in [1.165, 1.54) is 0 Å². The van der Waals surface area contributed by atoms with Gasteiger partial charge in [-0.2, -0.15) is 0 Å². The van der Waals surface area contributed by atoms with E-state index in [1.807, 2.05) is 0 Å². The first-order valence-corrected chi connectivity index (χ1v) is 6.72. The second-order valence-corrected chi connectivity index (χ2v) is 6.46. The molecule has 0 aliphatic heterocycles. The zero-order chi connectivity index (χ0) is 12.3. The predicted octanol–water partition coefficient (Wildman–Crippen LogP) is 2.97. The van der Waals surface area contributed by atoms with E-state index < -0.39 is 0 Å². The molecule has 0 amide bonds. The van der Waals surface area contributed by atoms with Gasteiger partial charge >= 0.3 is 0 Å². The van der Waals surface area contributed by atoms with Crippen LogP contribution in [0.5, 0.6) is 0 Å². The van der Waals surface area contributed by atoms with Crippen molar-refractivity contribution in [3.8, 4) is 0 Å². The molecule has 0 spiro atoms. The topological polar surface area (TPSA) is 40.5 Å². The molecule has 0 bridgehead atoms. The summed E-state index contributed by atoms with van der Waals surface area (Å²) >= 11 is 0. The fourth-order valence-corrected chi connectivity index (χ4v) is 2.90. The van der Waals surface area contributed by atoms with E-state index in [0.717, 1.165) is 32.1 Å². The van der Waals surface area contributed by atoms with Crippen molar-refractivity contribution in [3.05, 3.63) is 0 Å². The Morgan fingerprint density at radius 2 is 1.88 bits per heavy atom. The summed E-state index contributed by atoms with van der Waals surface area (Å²) in [6.07, 6.45) is 4.13. The minimum absolute atomic E-state index is 0.0953. The summed E-state index contributed by atoms with van der Waals surface area (Å²) in [6, 6.07) is 0. The van der Waals surface area contributed by atoms with Crippen molar-refractivity contribution in [3.63, 3.8) is 0 Å². The van der Waals surface area contributed by atoms with Crippen molar-refractivity contribution in [1.82, 2.24) is 0 Å². The SMILES string of the molecule is CCCC(O)C1CC(C(C)(C)C)CCC1O. The Labute approximate surface area is 100 Å². The molecule has 0 radical (unpaired) electrons. The molecule has 0 aromatic carbocycles. The highest BCUT2D eigenvalue weighted by Crippen LogP contribution is 2.41. The first kappa shape index (κ1) is 14.0. The molecule has 2 N–H and O–H groups in total. The number of aliphatic hydroxyl groups excluding tert-OH is 2. The maximum absolute atomic E-state index is 10.1. The molecule has 1 aliphatic rings. The lowest BCUT2D eigenvalue weighted by atomic mass is 9.66. The van der Waals surface area contributed by atoms with E-state index in [-0.39, 0.29) is 18.1 Å². The summed E-state index contributed by atoms with van der Waals surface area (Å²) in [5.41, 5.74) is 0.296. The van der Waals surface area contributed by atoms with Gasteiger partial charge in [-0.3, -0.25) is 0 Å². The fraction of sp³-hybridized carbons (Fsp3) is 1.00. The smallest absolute Gasteiger partial charge is 0.0593 e. The lowest BCUT2D eigenvalue weighted by Gasteiger charge is -2.41. The molecule has 4 atom stereocenters. The van der Waals surface area contributed by atoms with Crippen LogP contribution in [0.2, 0.25) is 0 Å². The minimum Gasteiger partial charge on any atom is -0.393 e. The number of hydrogen-bond donors (Lipinski definition) is 2. The molecule has 1 fully saturated rings. The van der Waals surface area contributed by atoms with Crippen LogP contribution in [0.4, 0.5) is 0 Å². The highest BCUT2D eigenvalue weighted by atomic mass is 16.3. The van der Waals surface area contributed by atoms with E-state index in [0.29, 0.717) is 11.3 Å². The second-order valence-electron chi connectivity index (χ2n) is 6.46. The van der Waals surface area contributed by atoms with Crippen LogP contribution < -0.4 is 0 Å². The third-order valence-corrected chi connectivity index (χ3v) is 4.17. The predicted molar refractivity (Wildman–Crippen MR) is 67.2 cm³/mol. The number of rotatable bonds is 3. The highest BCUT2D eigenvalue weighted by molar-refractivity contribution is 4.88. The van der Waals surface area contributed by atoms with Crippen LogP contribution in [-0.4, -0.2) is 22.4 Å². The molecule has 0 heterocycles. The number of hydrogen-bond acceptors (Lipinski definition) is 2. The third kappa shape index (κ3) is 3.46. The van der Waals surface area contributed by atoms with Gasteiger partial charge in [-0.05, 0) is 37.0 Å². The van der Waals surface area contributed by atoms with E-state index in [1.54, 1.807) is 0 Å². The summed E-state index contributed by atoms with van der Waals surface area (Å²) in [5, 5.41) is 20.1. The number of aliphatic hydroxyl groups is 2. The zero-order valence-electron chi connectivity index (χ0n) is 11.2. The van der Waals surface area contributed by atoms with Gasteiger partial charge in [0.15, 0.2) is 0 Å². The van der Waals surface area contributed by atoms with Crippen LogP contribution in [0, 0.1) is 17.3 Å². The van der Waals surface area contributed by atoms with Gasteiger partial charge in [-0.1, -0.05) is 34.1 Å². The Kier molecular flexibility index (Phi) is 4.81. The molecule has 0 aromatic rings. The average Bonchev–Trinajstić information content (AvgIpc) is 2.16. The average molecular weight is 228 g/mol. The van der Waals surface area contributed by atoms with Crippen LogP contribution in [0.1, 0.15) is 59.8 Å². The molecule has 1 aliphatic carbocycles. The van der Waals surface area contributed by atoms with Gasteiger partial charge in [0, 0.05) is 5.92 Å². The normalized spacial score (nSPS) is 33.8. The Balaban J connectivity index is 2.61. The summed E-state index contributed by atoms with van der Waals surface area (Å²) < 4.78 is 0. The van der Waals surface area contributed by atoms with E-state index in [4.69, 9.17) is 0 Å². The van der Waals surface area contributed by atoms with Crippen LogP contribution in [0.3, 0.4) is 0 Å².